The number of ether oxygens (including phenoxy) is 2. The molecule has 0 N–H and O–H groups in total. The Balaban J connectivity index is 1.54. The van der Waals surface area contributed by atoms with Crippen LogP contribution in [0.1, 0.15) is 65.2 Å². The van der Waals surface area contributed by atoms with Crippen molar-refractivity contribution >= 4 is 12.9 Å². The molecular formula is C21H30O4. The Morgan fingerprint density at radius 3 is 2.64 bits per heavy atom. The van der Waals surface area contributed by atoms with E-state index in [1.807, 2.05) is 0 Å². The van der Waals surface area contributed by atoms with Crippen molar-refractivity contribution in [3.05, 3.63) is 11.8 Å². The van der Waals surface area contributed by atoms with E-state index in [2.05, 4.69) is 19.9 Å². The van der Waals surface area contributed by atoms with E-state index in [-0.39, 0.29) is 11.5 Å². The summed E-state index contributed by atoms with van der Waals surface area (Å²) < 4.78 is 10.7. The smallest absolute Gasteiger partial charge is 0.298 e. The number of hydrogen-bond acceptors (Lipinski definition) is 4. The molecule has 0 aliphatic heterocycles. The number of carbonyl (C=O) groups is 2. The van der Waals surface area contributed by atoms with Gasteiger partial charge < -0.3 is 9.47 Å². The first kappa shape index (κ1) is 17.1. The normalized spacial score (nSPS) is 48.4. The fourth-order valence-electron chi connectivity index (χ4n) is 7.18. The average Bonchev–Trinajstić information content (AvgIpc) is 2.93. The van der Waals surface area contributed by atoms with Crippen LogP contribution < -0.4 is 0 Å². The zero-order valence-corrected chi connectivity index (χ0v) is 15.4. The predicted molar refractivity (Wildman–Crippen MR) is 93.3 cm³/mol. The largest absolute Gasteiger partial charge is 0.465 e. The lowest BCUT2D eigenvalue weighted by Gasteiger charge is -2.60. The number of hydrogen-bond donors (Lipinski definition) is 0. The lowest BCUT2D eigenvalue weighted by molar-refractivity contribution is -0.149. The van der Waals surface area contributed by atoms with Gasteiger partial charge in [0.1, 0.15) is 11.9 Å². The minimum Gasteiger partial charge on any atom is -0.465 e. The van der Waals surface area contributed by atoms with Crippen LogP contribution in [0.15, 0.2) is 11.8 Å². The van der Waals surface area contributed by atoms with Gasteiger partial charge in [-0.15, -0.1) is 0 Å². The Bertz CT molecular complexity index is 584. The fraction of sp³-hybridized carbons (Fsp3) is 0.810. The average molecular weight is 346 g/mol. The van der Waals surface area contributed by atoms with Crippen LogP contribution in [-0.4, -0.2) is 19.0 Å². The molecule has 0 aromatic heterocycles. The minimum atomic E-state index is 0.0447. The summed E-state index contributed by atoms with van der Waals surface area (Å²) in [5, 5.41) is 0. The minimum absolute atomic E-state index is 0.0447. The van der Waals surface area contributed by atoms with Gasteiger partial charge in [0.05, 0.1) is 0 Å². The molecule has 0 aromatic rings. The number of allylic oxidation sites excluding steroid dienone is 2. The van der Waals surface area contributed by atoms with Crippen LogP contribution in [0.4, 0.5) is 0 Å². The zero-order valence-electron chi connectivity index (χ0n) is 15.4. The molecule has 4 rings (SSSR count). The summed E-state index contributed by atoms with van der Waals surface area (Å²) in [7, 11) is 0. The summed E-state index contributed by atoms with van der Waals surface area (Å²) in [6.07, 6.45) is 11.4. The Morgan fingerprint density at radius 2 is 1.88 bits per heavy atom. The van der Waals surface area contributed by atoms with Gasteiger partial charge in [0.25, 0.3) is 12.9 Å². The van der Waals surface area contributed by atoms with Crippen molar-refractivity contribution in [3.63, 3.8) is 0 Å². The van der Waals surface area contributed by atoms with Crippen molar-refractivity contribution in [2.45, 2.75) is 71.3 Å². The Labute approximate surface area is 150 Å². The molecular weight excluding hydrogens is 316 g/mol. The van der Waals surface area contributed by atoms with Gasteiger partial charge in [-0.2, -0.15) is 0 Å². The highest BCUT2D eigenvalue weighted by atomic mass is 16.5. The van der Waals surface area contributed by atoms with E-state index in [4.69, 9.17) is 9.47 Å². The second-order valence-electron chi connectivity index (χ2n) is 9.26. The van der Waals surface area contributed by atoms with E-state index in [0.717, 1.165) is 43.3 Å². The molecule has 0 amide bonds. The quantitative estimate of drug-likeness (QED) is 0.715. The second-order valence-corrected chi connectivity index (χ2v) is 9.26. The second kappa shape index (κ2) is 6.14. The molecule has 4 aliphatic rings. The van der Waals surface area contributed by atoms with E-state index in [1.165, 1.54) is 25.7 Å². The van der Waals surface area contributed by atoms with Gasteiger partial charge in [-0.3, -0.25) is 9.59 Å². The molecule has 0 aromatic carbocycles. The van der Waals surface area contributed by atoms with Crippen LogP contribution in [0.25, 0.3) is 0 Å². The van der Waals surface area contributed by atoms with E-state index in [9.17, 15) is 9.59 Å². The van der Waals surface area contributed by atoms with Gasteiger partial charge in [-0.25, -0.2) is 0 Å². The summed E-state index contributed by atoms with van der Waals surface area (Å²) in [4.78, 5) is 21.6. The zero-order chi connectivity index (χ0) is 17.7. The maximum atomic E-state index is 10.9. The van der Waals surface area contributed by atoms with Gasteiger partial charge >= 0.3 is 0 Å². The van der Waals surface area contributed by atoms with E-state index >= 15 is 0 Å². The Hall–Kier alpha value is -1.32. The molecule has 3 fully saturated rings. The van der Waals surface area contributed by atoms with Crippen LogP contribution in [0, 0.1) is 34.5 Å². The van der Waals surface area contributed by atoms with Crippen LogP contribution in [-0.2, 0) is 19.1 Å². The summed E-state index contributed by atoms with van der Waals surface area (Å²) in [5.74, 6) is 3.69. The first-order chi connectivity index (χ1) is 12.0. The van der Waals surface area contributed by atoms with E-state index in [1.54, 1.807) is 0 Å². The van der Waals surface area contributed by atoms with Crippen molar-refractivity contribution in [1.82, 2.24) is 0 Å². The summed E-state index contributed by atoms with van der Waals surface area (Å²) in [6.45, 7) is 6.03. The number of carbonyl (C=O) groups excluding carboxylic acids is 2. The van der Waals surface area contributed by atoms with Crippen molar-refractivity contribution in [3.8, 4) is 0 Å². The van der Waals surface area contributed by atoms with Crippen LogP contribution >= 0.6 is 0 Å². The molecule has 4 nitrogen and oxygen atoms in total. The summed E-state index contributed by atoms with van der Waals surface area (Å²) in [5.41, 5.74) is 0.421. The first-order valence-corrected chi connectivity index (χ1v) is 9.93. The van der Waals surface area contributed by atoms with E-state index in [0.29, 0.717) is 30.2 Å². The van der Waals surface area contributed by atoms with Crippen molar-refractivity contribution in [2.75, 3.05) is 0 Å². The standard InChI is InChI=1S/C21H30O4/c1-20-9-7-15(24-12-22)11-14(20)3-4-16-17-5-6-19(25-13-23)21(17,2)10-8-18(16)20/h6,12-18H,3-5,7-11H2,1-2H3/t14?,15?,16-,17-,18-,20-,21-/m0/s1. The van der Waals surface area contributed by atoms with Crippen LogP contribution in [0.3, 0.4) is 0 Å². The topological polar surface area (TPSA) is 52.6 Å². The molecule has 4 aliphatic carbocycles. The van der Waals surface area contributed by atoms with Crippen molar-refractivity contribution < 1.29 is 19.1 Å². The maximum absolute atomic E-state index is 10.9. The molecule has 4 heteroatoms. The van der Waals surface area contributed by atoms with Gasteiger partial charge in [0.2, 0.25) is 0 Å². The Morgan fingerprint density at radius 1 is 1.04 bits per heavy atom. The van der Waals surface area contributed by atoms with Gasteiger partial charge in [-0.1, -0.05) is 13.8 Å². The molecule has 0 heterocycles. The molecule has 2 unspecified atom stereocenters. The molecule has 7 atom stereocenters. The summed E-state index contributed by atoms with van der Waals surface area (Å²) >= 11 is 0. The van der Waals surface area contributed by atoms with Gasteiger partial charge in [0, 0.05) is 5.41 Å². The fourth-order valence-corrected chi connectivity index (χ4v) is 7.18. The molecule has 0 saturated heterocycles. The predicted octanol–water partition coefficient (Wildman–Crippen LogP) is 4.24. The molecule has 3 saturated carbocycles. The van der Waals surface area contributed by atoms with Crippen molar-refractivity contribution in [1.29, 1.82) is 0 Å². The number of rotatable bonds is 4. The monoisotopic (exact) mass is 346 g/mol. The third-order valence-electron chi connectivity index (χ3n) is 8.55. The Kier molecular flexibility index (Phi) is 4.20. The molecule has 25 heavy (non-hydrogen) atoms. The third kappa shape index (κ3) is 2.47. The molecule has 0 bridgehead atoms. The third-order valence-corrected chi connectivity index (χ3v) is 8.55. The maximum Gasteiger partial charge on any atom is 0.298 e. The van der Waals surface area contributed by atoms with Crippen LogP contribution in [0.5, 0.6) is 0 Å². The summed E-state index contributed by atoms with van der Waals surface area (Å²) in [6, 6.07) is 0. The lowest BCUT2D eigenvalue weighted by Crippen LogP contribution is -2.53. The lowest BCUT2D eigenvalue weighted by atomic mass is 9.45. The SMILES string of the molecule is C[C@]12CCC(OC=O)CC1CC[C@@H]1[C@@H]2CC[C@]2(C)C(OC=O)=CC[C@@H]12. The highest BCUT2D eigenvalue weighted by Crippen LogP contribution is 2.66. The van der Waals surface area contributed by atoms with Crippen LogP contribution in [0.2, 0.25) is 0 Å². The van der Waals surface area contributed by atoms with Gasteiger partial charge in [0.15, 0.2) is 0 Å². The molecule has 138 valence electrons. The highest BCUT2D eigenvalue weighted by Gasteiger charge is 2.59. The van der Waals surface area contributed by atoms with Crippen molar-refractivity contribution in [2.24, 2.45) is 34.5 Å². The number of fused-ring (bicyclic) bond motifs is 5. The molecule has 0 radical (unpaired) electrons. The molecule has 0 spiro atoms. The van der Waals surface area contributed by atoms with E-state index < -0.39 is 0 Å². The highest BCUT2D eigenvalue weighted by molar-refractivity contribution is 5.42. The first-order valence-electron chi connectivity index (χ1n) is 9.93. The van der Waals surface area contributed by atoms with Gasteiger partial charge in [-0.05, 0) is 86.5 Å².